The molecule has 2 saturated carbocycles. The number of fused-ring (bicyclic) bond motifs is 8. The van der Waals surface area contributed by atoms with Crippen LogP contribution >= 0.6 is 0 Å². The average molecular weight is 915 g/mol. The number of aryl methyl sites for hydroxylation is 1. The van der Waals surface area contributed by atoms with Crippen molar-refractivity contribution in [3.05, 3.63) is 40.7 Å². The van der Waals surface area contributed by atoms with Gasteiger partial charge in [0.1, 0.15) is 17.8 Å². The summed E-state index contributed by atoms with van der Waals surface area (Å²) in [5.74, 6) is -1.58. The maximum Gasteiger partial charge on any atom is 0.337 e. The van der Waals surface area contributed by atoms with Gasteiger partial charge in [-0.2, -0.15) is 0 Å². The van der Waals surface area contributed by atoms with E-state index in [0.717, 1.165) is 36.2 Å². The fourth-order valence-electron chi connectivity index (χ4n) is 10.6. The third kappa shape index (κ3) is 6.11. The number of likely N-dealkylation sites (N-methyl/N-ethyl adjacent to an activating group) is 1. The molecule has 13 heteroatoms. The van der Waals surface area contributed by atoms with Gasteiger partial charge in [-0.15, -0.1) is 0 Å². The van der Waals surface area contributed by atoms with Crippen molar-refractivity contribution in [3.8, 4) is 0 Å². The first kappa shape index (κ1) is 37.7. The molecule has 4 heterocycles. The van der Waals surface area contributed by atoms with E-state index in [1.54, 1.807) is 19.3 Å². The summed E-state index contributed by atoms with van der Waals surface area (Å²) in [7, 11) is 1.68. The monoisotopic (exact) mass is 914 g/mol. The third-order valence-corrected chi connectivity index (χ3v) is 13.4. The number of aliphatic hydroxyl groups is 3. The molecule has 1 aromatic heterocycles. The van der Waals surface area contributed by atoms with Crippen LogP contribution < -0.4 is 5.32 Å². The van der Waals surface area contributed by atoms with Crippen LogP contribution in [0.5, 0.6) is 0 Å². The van der Waals surface area contributed by atoms with Crippen LogP contribution in [0.25, 0.3) is 0 Å². The van der Waals surface area contributed by atoms with E-state index in [2.05, 4.69) is 22.1 Å². The van der Waals surface area contributed by atoms with Crippen molar-refractivity contribution in [2.45, 2.75) is 115 Å². The van der Waals surface area contributed by atoms with E-state index < -0.39 is 76.6 Å². The maximum atomic E-state index is 14.0. The summed E-state index contributed by atoms with van der Waals surface area (Å²) in [6, 6.07) is 2.94. The molecule has 12 nitrogen and oxygen atoms in total. The Bertz CT molecular complexity index is 1480. The van der Waals surface area contributed by atoms with Crippen LogP contribution in [0, 0.1) is 73.7 Å². The Morgan fingerprint density at radius 3 is 2.56 bits per heavy atom. The minimum Gasteiger partial charge on any atom is -0.456 e. The molecule has 12 atom stereocenters. The molecular weight excluding hydrogens is 857 g/mol. The molecule has 1 aromatic rings. The molecular formula is C37H55AcN3O9. The zero-order chi connectivity index (χ0) is 35.8. The summed E-state index contributed by atoms with van der Waals surface area (Å²) >= 11 is 0. The number of aliphatic hydroxyl groups excluding tert-OH is 1. The predicted octanol–water partition coefficient (Wildman–Crippen LogP) is 2.04. The molecule has 50 heavy (non-hydrogen) atoms. The van der Waals surface area contributed by atoms with Gasteiger partial charge in [0.15, 0.2) is 12.4 Å². The number of esters is 1. The molecule has 3 aliphatic carbocycles. The van der Waals surface area contributed by atoms with Gasteiger partial charge in [0.05, 0.1) is 49.4 Å². The number of carbonyl (C=O) groups excluding carboxylic acids is 1. The fourth-order valence-corrected chi connectivity index (χ4v) is 10.6. The Morgan fingerprint density at radius 1 is 1.20 bits per heavy atom. The number of nitrogens with zero attached hydrogens (tertiary/aromatic N) is 2. The SMILES string of the molecule is [3H]O[C@H](C(=O)O[C@H]1C[C@@]2(O)[C@@H](C)[C@H]3[C@@](C)(CC[C@H]4OC[C@]43O)[C@@H]3O[C@H](CN4CCOCC4)O[C@@H]3C(=C1C)C2(C)C)[C@@H](NC)c1ccc(C)cn1.[Ac]. The second kappa shape index (κ2) is 14.3. The second-order valence-electron chi connectivity index (χ2n) is 16.3. The Balaban J connectivity index is 0.00000448. The van der Waals surface area contributed by atoms with E-state index in [0.29, 0.717) is 31.9 Å². The number of hydrogen-bond acceptors (Lipinski definition) is 12. The molecule has 0 spiro atoms. The van der Waals surface area contributed by atoms with Crippen molar-refractivity contribution in [1.29, 1.82) is 1.43 Å². The van der Waals surface area contributed by atoms with Crippen LogP contribution in [0.1, 0.15) is 71.2 Å². The van der Waals surface area contributed by atoms with Crippen LogP contribution in [0.2, 0.25) is 0 Å². The smallest absolute Gasteiger partial charge is 0.337 e. The molecule has 7 rings (SSSR count). The van der Waals surface area contributed by atoms with Crippen LogP contribution in [-0.2, 0) is 28.5 Å². The molecule has 0 aromatic carbocycles. The van der Waals surface area contributed by atoms with Crippen LogP contribution in [0.15, 0.2) is 29.5 Å². The number of ether oxygens (including phenoxy) is 5. The first-order valence-electron chi connectivity index (χ1n) is 18.4. The molecule has 1 radical (unpaired) electrons. The van der Waals surface area contributed by atoms with Crippen LogP contribution in [-0.4, -0.2) is 127 Å². The number of nitrogens with one attached hydrogen (secondary N) is 1. The van der Waals surface area contributed by atoms with E-state index in [-0.39, 0.29) is 63.2 Å². The summed E-state index contributed by atoms with van der Waals surface area (Å²) in [4.78, 5) is 20.8. The summed E-state index contributed by atoms with van der Waals surface area (Å²) in [6.07, 6.45) is -0.794. The van der Waals surface area contributed by atoms with Crippen molar-refractivity contribution < 1.29 is 87.9 Å². The van der Waals surface area contributed by atoms with Gasteiger partial charge in [-0.05, 0) is 62.4 Å². The van der Waals surface area contributed by atoms with Gasteiger partial charge in [-0.3, -0.25) is 9.88 Å². The molecule has 275 valence electrons. The van der Waals surface area contributed by atoms with Gasteiger partial charge in [0, 0.05) is 93.1 Å². The molecule has 5 fully saturated rings. The van der Waals surface area contributed by atoms with Crippen LogP contribution in [0.3, 0.4) is 0 Å². The number of rotatable bonds is 8. The quantitative estimate of drug-likeness (QED) is 0.223. The van der Waals surface area contributed by atoms with Gasteiger partial charge in [-0.25, -0.2) is 4.79 Å². The summed E-state index contributed by atoms with van der Waals surface area (Å²) < 4.78 is 39.7. The van der Waals surface area contributed by atoms with E-state index in [9.17, 15) is 15.0 Å². The average Bonchev–Trinajstić information content (AvgIpc) is 3.49. The van der Waals surface area contributed by atoms with Crippen LogP contribution in [0.4, 0.5) is 0 Å². The van der Waals surface area contributed by atoms with Gasteiger partial charge in [0.25, 0.3) is 0 Å². The molecule has 4 N–H and O–H groups in total. The van der Waals surface area contributed by atoms with E-state index in [1.165, 1.54) is 0 Å². The van der Waals surface area contributed by atoms with E-state index in [1.807, 2.05) is 40.7 Å². The van der Waals surface area contributed by atoms with Crippen molar-refractivity contribution in [2.24, 2.45) is 22.7 Å². The number of pyridine rings is 1. The number of morpholine rings is 1. The topological polar surface area (TPSA) is 152 Å². The molecule has 0 unspecified atom stereocenters. The van der Waals surface area contributed by atoms with E-state index in [4.69, 9.17) is 30.2 Å². The minimum absolute atomic E-state index is 0. The molecule has 6 aliphatic rings. The largest absolute Gasteiger partial charge is 0.456 e. The molecule has 3 aliphatic heterocycles. The van der Waals surface area contributed by atoms with Crippen molar-refractivity contribution in [1.82, 2.24) is 15.2 Å². The summed E-state index contributed by atoms with van der Waals surface area (Å²) in [5, 5.41) is 33.7. The predicted molar refractivity (Wildman–Crippen MR) is 178 cm³/mol. The third-order valence-electron chi connectivity index (χ3n) is 13.4. The number of aromatic nitrogens is 1. The number of hydrogen-bond donors (Lipinski definition) is 4. The molecule has 2 bridgehead atoms. The Morgan fingerprint density at radius 2 is 1.94 bits per heavy atom. The van der Waals surface area contributed by atoms with Crippen molar-refractivity contribution >= 4 is 5.97 Å². The first-order valence-corrected chi connectivity index (χ1v) is 18.0. The van der Waals surface area contributed by atoms with Crippen molar-refractivity contribution in [3.63, 3.8) is 0 Å². The van der Waals surface area contributed by atoms with E-state index >= 15 is 0 Å². The Hall–Kier alpha value is -0.558. The summed E-state index contributed by atoms with van der Waals surface area (Å²) in [5.41, 5.74) is -0.825. The normalized spacial score (nSPS) is 42.3. The summed E-state index contributed by atoms with van der Waals surface area (Å²) in [6.45, 7) is 15.8. The van der Waals surface area contributed by atoms with Gasteiger partial charge < -0.3 is 44.3 Å². The molecule has 3 saturated heterocycles. The van der Waals surface area contributed by atoms with Gasteiger partial charge >= 0.3 is 5.97 Å². The first-order chi connectivity index (χ1) is 23.7. The van der Waals surface area contributed by atoms with Gasteiger partial charge in [0.2, 0.25) is 1.43 Å². The standard InChI is InChI=1S/C37H55N3O9.Ac/c1-20-8-9-23(39-17-20)28(38-7)29(41)33(42)47-24-16-37(44)22(3)31-35(6,11-10-25-36(31,43)19-46-25)32-30(27(21(24)2)34(37,4)5)48-26(49-32)18-40-12-14-45-15-13-40;/h8-9,17,22,24-26,28-32,38,41,43-44H,10-16,18-19H2,1-7H3;/t22-,24-,25+,26+,28-,29-,30+,31-,32+,35+,36-,37+;/m0./s1/i41T;. The Kier molecular flexibility index (Phi) is 10.8. The second-order valence-corrected chi connectivity index (χ2v) is 16.3. The maximum absolute atomic E-state index is 14.0. The van der Waals surface area contributed by atoms with Gasteiger partial charge in [-0.1, -0.05) is 33.8 Å². The zero-order valence-corrected chi connectivity index (χ0v) is 35.3. The van der Waals surface area contributed by atoms with Crippen molar-refractivity contribution in [2.75, 3.05) is 46.5 Å². The fraction of sp³-hybridized carbons (Fsp3) is 0.784. The zero-order valence-electron chi connectivity index (χ0n) is 31.5. The number of carbonyl (C=O) groups is 1. The molecule has 0 amide bonds. The Labute approximate surface area is 333 Å². The minimum atomic E-state index is -1.43.